The Kier molecular flexibility index (Phi) is 8.12. The lowest BCUT2D eigenvalue weighted by molar-refractivity contribution is 0.0589. The van der Waals surface area contributed by atoms with Gasteiger partial charge in [0.1, 0.15) is 22.9 Å². The van der Waals surface area contributed by atoms with Gasteiger partial charge in [0.05, 0.1) is 30.6 Å². The number of thiophene rings is 1. The Labute approximate surface area is 228 Å². The molecule has 39 heavy (non-hydrogen) atoms. The molecule has 2 heterocycles. The number of fused-ring (bicyclic) bond motifs is 1. The number of carboxylic acid groups (broad SMARTS) is 1. The fourth-order valence-electron chi connectivity index (χ4n) is 3.63. The van der Waals surface area contributed by atoms with Gasteiger partial charge in [-0.15, -0.1) is 11.3 Å². The first-order valence-electron chi connectivity index (χ1n) is 10.9. The molecular weight excluding hydrogens is 560 g/mol. The minimum absolute atomic E-state index is 0.0321. The Morgan fingerprint density at radius 1 is 1.05 bits per heavy atom. The molecule has 0 saturated heterocycles. The van der Waals surface area contributed by atoms with E-state index in [1.807, 2.05) is 0 Å². The highest BCUT2D eigenvalue weighted by atomic mass is 35.5. The number of nitrogens with one attached hydrogen (secondary N) is 2. The first-order chi connectivity index (χ1) is 18.6. The molecule has 0 unspecified atom stereocenters. The van der Waals surface area contributed by atoms with E-state index in [-0.39, 0.29) is 44.9 Å². The van der Waals surface area contributed by atoms with Crippen molar-refractivity contribution in [2.45, 2.75) is 6.61 Å². The molecular formula is C25H18ClF2N3O7S. The van der Waals surface area contributed by atoms with Crippen LogP contribution in [0.4, 0.5) is 25.0 Å². The topological polar surface area (TPSA) is 136 Å². The van der Waals surface area contributed by atoms with Crippen LogP contribution in [0.2, 0.25) is 5.02 Å². The third kappa shape index (κ3) is 5.68. The van der Waals surface area contributed by atoms with Crippen LogP contribution in [0.3, 0.4) is 0 Å². The van der Waals surface area contributed by atoms with E-state index in [1.165, 1.54) is 24.9 Å². The number of rotatable bonds is 8. The van der Waals surface area contributed by atoms with Crippen molar-refractivity contribution in [3.63, 3.8) is 0 Å². The number of nitrogens with zero attached hydrogens (tertiary/aromatic N) is 1. The highest BCUT2D eigenvalue weighted by Crippen LogP contribution is 2.35. The molecule has 0 atom stereocenters. The molecule has 0 aliphatic carbocycles. The first-order valence-corrected chi connectivity index (χ1v) is 12.1. The van der Waals surface area contributed by atoms with E-state index in [9.17, 15) is 28.3 Å². The summed E-state index contributed by atoms with van der Waals surface area (Å²) < 4.78 is 44.9. The number of hydrogen-bond acceptors (Lipinski definition) is 8. The van der Waals surface area contributed by atoms with Gasteiger partial charge in [0, 0.05) is 46.2 Å². The van der Waals surface area contributed by atoms with E-state index in [0.717, 1.165) is 36.6 Å². The SMILES string of the molecule is COC(=O)c1scc(NC(=O)Nc2cc(OCc3c(F)cc(Cl)c4ccncc34)c(OC)cc2F)c1C(=O)O. The minimum atomic E-state index is -1.48. The number of carboxylic acids is 1. The number of halogens is 3. The monoisotopic (exact) mass is 577 g/mol. The Morgan fingerprint density at radius 3 is 2.49 bits per heavy atom. The van der Waals surface area contributed by atoms with E-state index in [0.29, 0.717) is 10.8 Å². The number of pyridine rings is 1. The number of methoxy groups -OCH3 is 2. The van der Waals surface area contributed by atoms with Crippen molar-refractivity contribution in [2.24, 2.45) is 0 Å². The van der Waals surface area contributed by atoms with Crippen molar-refractivity contribution in [2.75, 3.05) is 24.9 Å². The molecule has 0 radical (unpaired) electrons. The van der Waals surface area contributed by atoms with Gasteiger partial charge in [-0.3, -0.25) is 4.98 Å². The number of benzene rings is 2. The lowest BCUT2D eigenvalue weighted by Crippen LogP contribution is -2.21. The molecule has 10 nitrogen and oxygen atoms in total. The molecule has 0 spiro atoms. The smallest absolute Gasteiger partial charge is 0.349 e. The lowest BCUT2D eigenvalue weighted by atomic mass is 10.1. The van der Waals surface area contributed by atoms with Gasteiger partial charge in [-0.2, -0.15) is 0 Å². The summed E-state index contributed by atoms with van der Waals surface area (Å²) in [4.78, 5) is 39.8. The summed E-state index contributed by atoms with van der Waals surface area (Å²) in [6, 6.07) is 3.82. The number of esters is 1. The number of hydrogen-bond donors (Lipinski definition) is 3. The number of carbonyl (C=O) groups excluding carboxylic acids is 2. The number of anilines is 2. The number of aromatic carboxylic acids is 1. The van der Waals surface area contributed by atoms with Crippen LogP contribution in [0.5, 0.6) is 11.5 Å². The predicted octanol–water partition coefficient (Wildman–Crippen LogP) is 5.94. The summed E-state index contributed by atoms with van der Waals surface area (Å²) >= 11 is 6.88. The van der Waals surface area contributed by atoms with Crippen molar-refractivity contribution in [3.05, 3.63) is 74.7 Å². The van der Waals surface area contributed by atoms with Crippen LogP contribution in [0.15, 0.2) is 42.0 Å². The van der Waals surface area contributed by atoms with E-state index in [4.69, 9.17) is 21.1 Å². The molecule has 4 rings (SSSR count). The third-order valence-electron chi connectivity index (χ3n) is 5.44. The maximum Gasteiger partial charge on any atom is 0.349 e. The van der Waals surface area contributed by atoms with Gasteiger partial charge >= 0.3 is 18.0 Å². The van der Waals surface area contributed by atoms with Crippen LogP contribution in [0.25, 0.3) is 10.8 Å². The minimum Gasteiger partial charge on any atom is -0.493 e. The lowest BCUT2D eigenvalue weighted by Gasteiger charge is -2.15. The van der Waals surface area contributed by atoms with Crippen molar-refractivity contribution < 1.29 is 42.5 Å². The number of amides is 2. The summed E-state index contributed by atoms with van der Waals surface area (Å²) in [6.45, 7) is -0.313. The number of carbonyl (C=O) groups is 3. The van der Waals surface area contributed by atoms with Gasteiger partial charge in [0.2, 0.25) is 0 Å². The second-order valence-corrected chi connectivity index (χ2v) is 9.03. The average Bonchev–Trinajstić information content (AvgIpc) is 3.33. The largest absolute Gasteiger partial charge is 0.493 e. The zero-order valence-electron chi connectivity index (χ0n) is 20.1. The summed E-state index contributed by atoms with van der Waals surface area (Å²) in [5.41, 5.74) is -0.893. The standard InChI is InChI=1S/C25H18ClF2N3O7S/c1-36-19-6-16(28)17(30-25(35)31-18-10-39-22(24(34)37-2)21(18)23(32)33)7-20(19)38-9-13-12-8-29-4-3-11(12)14(26)5-15(13)27/h3-8,10H,9H2,1-2H3,(H,32,33)(H2,30,31,35). The highest BCUT2D eigenvalue weighted by molar-refractivity contribution is 7.13. The van der Waals surface area contributed by atoms with Crippen molar-refractivity contribution in [1.29, 1.82) is 0 Å². The van der Waals surface area contributed by atoms with Crippen LogP contribution in [-0.2, 0) is 11.3 Å². The fraction of sp³-hybridized carbons (Fsp3) is 0.120. The van der Waals surface area contributed by atoms with Crippen molar-refractivity contribution in [1.82, 2.24) is 4.98 Å². The summed E-state index contributed by atoms with van der Waals surface area (Å²) in [5.74, 6) is -3.99. The molecule has 0 fully saturated rings. The molecule has 202 valence electrons. The van der Waals surface area contributed by atoms with Crippen LogP contribution >= 0.6 is 22.9 Å². The molecule has 0 bridgehead atoms. The van der Waals surface area contributed by atoms with Gasteiger partial charge in [-0.1, -0.05) is 11.6 Å². The Bertz CT molecular complexity index is 1610. The molecule has 2 aromatic heterocycles. The van der Waals surface area contributed by atoms with Gasteiger partial charge in [0.15, 0.2) is 17.3 Å². The fourth-order valence-corrected chi connectivity index (χ4v) is 4.80. The van der Waals surface area contributed by atoms with E-state index >= 15 is 0 Å². The molecule has 0 aliphatic heterocycles. The summed E-state index contributed by atoms with van der Waals surface area (Å²) in [5, 5.41) is 16.4. The van der Waals surface area contributed by atoms with Crippen molar-refractivity contribution >= 4 is 63.1 Å². The zero-order chi connectivity index (χ0) is 28.3. The second kappa shape index (κ2) is 11.5. The third-order valence-corrected chi connectivity index (χ3v) is 6.72. The van der Waals surface area contributed by atoms with Crippen LogP contribution in [-0.4, -0.2) is 42.3 Å². The van der Waals surface area contributed by atoms with Crippen LogP contribution < -0.4 is 20.1 Å². The van der Waals surface area contributed by atoms with Crippen LogP contribution in [0, 0.1) is 11.6 Å². The second-order valence-electron chi connectivity index (χ2n) is 7.74. The quantitative estimate of drug-likeness (QED) is 0.219. The molecule has 14 heteroatoms. The number of urea groups is 1. The molecule has 4 aromatic rings. The number of aromatic nitrogens is 1. The Balaban J connectivity index is 1.58. The van der Waals surface area contributed by atoms with Gasteiger partial charge in [-0.05, 0) is 12.1 Å². The molecule has 2 aromatic carbocycles. The maximum atomic E-state index is 14.7. The Hall–Kier alpha value is -4.49. The summed E-state index contributed by atoms with van der Waals surface area (Å²) in [6.07, 6.45) is 2.94. The normalized spacial score (nSPS) is 10.7. The zero-order valence-corrected chi connectivity index (χ0v) is 21.7. The van der Waals surface area contributed by atoms with E-state index in [2.05, 4.69) is 20.4 Å². The summed E-state index contributed by atoms with van der Waals surface area (Å²) in [7, 11) is 2.35. The highest BCUT2D eigenvalue weighted by Gasteiger charge is 2.25. The molecule has 0 aliphatic rings. The van der Waals surface area contributed by atoms with E-state index < -0.39 is 35.2 Å². The van der Waals surface area contributed by atoms with Gasteiger partial charge in [-0.25, -0.2) is 23.2 Å². The van der Waals surface area contributed by atoms with Crippen molar-refractivity contribution in [3.8, 4) is 11.5 Å². The Morgan fingerprint density at radius 2 is 1.79 bits per heavy atom. The van der Waals surface area contributed by atoms with E-state index in [1.54, 1.807) is 6.07 Å². The average molecular weight is 578 g/mol. The molecule has 0 saturated carbocycles. The van der Waals surface area contributed by atoms with Gasteiger partial charge < -0.3 is 30.0 Å². The van der Waals surface area contributed by atoms with Crippen LogP contribution in [0.1, 0.15) is 25.6 Å². The number of ether oxygens (including phenoxy) is 3. The molecule has 3 N–H and O–H groups in total. The maximum absolute atomic E-state index is 14.7. The first kappa shape index (κ1) is 27.5. The molecule has 2 amide bonds. The predicted molar refractivity (Wildman–Crippen MR) is 139 cm³/mol. The van der Waals surface area contributed by atoms with Gasteiger partial charge in [0.25, 0.3) is 0 Å².